The minimum atomic E-state index is 0.343. The van der Waals surface area contributed by atoms with Gasteiger partial charge >= 0.3 is 0 Å². The van der Waals surface area contributed by atoms with Crippen LogP contribution in [0, 0.1) is 35.5 Å². The molecule has 0 radical (unpaired) electrons. The standard InChI is InChI=1S/C84H78N12/c1-7-79(55-13-25-85-26-14-55)91-49-61(1)67-37-68(62-2-8-80(92-50-62)56-15-27-86-28-16-56)40-73(39-67)75-43-71(65-5-11-83(95-53-65)59-21-33-89-34-22-59)45-77(47-75)78-46-72(66-6-12-84(96-54-66)60-23-35-90-36-24-60)44-76(48-78)74-41-69(63-3-9-81(93-51-63)57-17-29-87-30-18-57)38-70(42-74)64-4-10-82(94-52-64)58-19-31-88-32-20-58/h1-36,49-54,67-78H,37-48H2. The molecule has 12 aromatic rings. The fourth-order valence-corrected chi connectivity index (χ4v) is 17.5. The van der Waals surface area contributed by atoms with Gasteiger partial charge in [0.05, 0.1) is 34.2 Å². The molecule has 0 saturated heterocycles. The molecule has 4 saturated carbocycles. The summed E-state index contributed by atoms with van der Waals surface area (Å²) in [7, 11) is 0. The number of pyridine rings is 12. The molecule has 4 aliphatic carbocycles. The SMILES string of the molecule is c1cc(-c2ccc(C3CC(c4ccc(-c5ccncc5)nc4)CC(C4CC(c5ccc(-c6ccncc6)nc5)CC(C5CC(c6ccc(-c7ccncc7)nc6)CC(C6CC(c7ccc(-c8ccncc8)nc7)CC(c7ccc(-c8ccncc8)nc7)C6)C5)C4)C3)cn2)ccn1. The van der Waals surface area contributed by atoms with Crippen LogP contribution in [0.5, 0.6) is 0 Å². The smallest absolute Gasteiger partial charge is 0.0703 e. The zero-order valence-electron chi connectivity index (χ0n) is 54.0. The van der Waals surface area contributed by atoms with E-state index in [-0.39, 0.29) is 0 Å². The quantitative estimate of drug-likeness (QED) is 0.0959. The second-order valence-electron chi connectivity index (χ2n) is 27.8. The molecule has 12 aromatic heterocycles. The highest BCUT2D eigenvalue weighted by Crippen LogP contribution is 2.58. The number of aromatic nitrogens is 12. The van der Waals surface area contributed by atoms with Crippen molar-refractivity contribution in [3.8, 4) is 67.5 Å². The van der Waals surface area contributed by atoms with Gasteiger partial charge in [0.2, 0.25) is 0 Å². The van der Waals surface area contributed by atoms with Crippen molar-refractivity contribution in [2.45, 2.75) is 113 Å². The molecule has 10 unspecified atom stereocenters. The van der Waals surface area contributed by atoms with Gasteiger partial charge in [-0.3, -0.25) is 59.8 Å². The van der Waals surface area contributed by atoms with Crippen molar-refractivity contribution < 1.29 is 0 Å². The molecule has 10 atom stereocenters. The van der Waals surface area contributed by atoms with Crippen LogP contribution in [0.3, 0.4) is 0 Å². The molecule has 0 aromatic carbocycles. The lowest BCUT2D eigenvalue weighted by Gasteiger charge is -2.49. The zero-order chi connectivity index (χ0) is 64.0. The summed E-state index contributed by atoms with van der Waals surface area (Å²) >= 11 is 0. The Hall–Kier alpha value is -10.2. The van der Waals surface area contributed by atoms with E-state index in [0.29, 0.717) is 71.0 Å². The molecule has 0 amide bonds. The van der Waals surface area contributed by atoms with Gasteiger partial charge in [-0.2, -0.15) is 0 Å². The normalized spacial score (nSPS) is 24.4. The van der Waals surface area contributed by atoms with E-state index >= 15 is 0 Å². The summed E-state index contributed by atoms with van der Waals surface area (Å²) in [5.74, 6) is 5.09. The average Bonchev–Trinajstić information content (AvgIpc) is 0.794. The first-order chi connectivity index (χ1) is 47.5. The van der Waals surface area contributed by atoms with Gasteiger partial charge in [-0.05, 0) is 291 Å². The Bertz CT molecular complexity index is 3970. The second kappa shape index (κ2) is 28.0. The maximum absolute atomic E-state index is 5.25. The lowest BCUT2D eigenvalue weighted by atomic mass is 9.56. The predicted octanol–water partition coefficient (Wildman–Crippen LogP) is 18.9. The van der Waals surface area contributed by atoms with Crippen molar-refractivity contribution in [3.63, 3.8) is 0 Å². The van der Waals surface area contributed by atoms with Crippen molar-refractivity contribution >= 4 is 0 Å². The monoisotopic (exact) mass is 1250 g/mol. The minimum Gasteiger partial charge on any atom is -0.265 e. The van der Waals surface area contributed by atoms with Crippen LogP contribution in [0.25, 0.3) is 67.5 Å². The van der Waals surface area contributed by atoms with E-state index in [2.05, 4.69) is 213 Å². The molecule has 12 nitrogen and oxygen atoms in total. The van der Waals surface area contributed by atoms with Gasteiger partial charge in [-0.1, -0.05) is 36.4 Å². The van der Waals surface area contributed by atoms with Gasteiger partial charge in [0.25, 0.3) is 0 Å². The summed E-state index contributed by atoms with van der Waals surface area (Å²) in [6.07, 6.45) is 49.1. The minimum absolute atomic E-state index is 0.343. The first-order valence-electron chi connectivity index (χ1n) is 34.7. The third kappa shape index (κ3) is 13.6. The Morgan fingerprint density at radius 3 is 0.479 bits per heavy atom. The molecule has 12 heteroatoms. The van der Waals surface area contributed by atoms with Crippen LogP contribution in [0.4, 0.5) is 0 Å². The highest BCUT2D eigenvalue weighted by atomic mass is 14.7. The Balaban J connectivity index is 0.761. The highest BCUT2D eigenvalue weighted by Gasteiger charge is 2.46. The fraction of sp³-hybridized carbons (Fsp3) is 0.286. The van der Waals surface area contributed by atoms with E-state index in [0.717, 1.165) is 132 Å². The number of hydrogen-bond donors (Lipinski definition) is 0. The second-order valence-corrected chi connectivity index (χ2v) is 27.8. The number of rotatable bonds is 15. The van der Waals surface area contributed by atoms with Gasteiger partial charge in [0, 0.05) is 145 Å². The fourth-order valence-electron chi connectivity index (χ4n) is 17.5. The van der Waals surface area contributed by atoms with Gasteiger partial charge in [-0.25, -0.2) is 0 Å². The van der Waals surface area contributed by atoms with E-state index < -0.39 is 0 Å². The molecule has 0 spiro atoms. The van der Waals surface area contributed by atoms with Crippen LogP contribution in [-0.4, -0.2) is 59.8 Å². The molecule has 16 rings (SSSR count). The lowest BCUT2D eigenvalue weighted by molar-refractivity contribution is 0.0533. The van der Waals surface area contributed by atoms with E-state index in [1.807, 2.05) is 74.4 Å². The Morgan fingerprint density at radius 1 is 0.167 bits per heavy atom. The van der Waals surface area contributed by atoms with Crippen molar-refractivity contribution in [1.82, 2.24) is 59.8 Å². The topological polar surface area (TPSA) is 155 Å². The van der Waals surface area contributed by atoms with Crippen LogP contribution < -0.4 is 0 Å². The maximum Gasteiger partial charge on any atom is 0.0703 e. The van der Waals surface area contributed by atoms with Crippen LogP contribution in [0.2, 0.25) is 0 Å². The van der Waals surface area contributed by atoms with Gasteiger partial charge in [-0.15, -0.1) is 0 Å². The summed E-state index contributed by atoms with van der Waals surface area (Å²) in [5.41, 5.74) is 20.5. The molecule has 0 N–H and O–H groups in total. The van der Waals surface area contributed by atoms with Crippen LogP contribution >= 0.6 is 0 Å². The highest BCUT2D eigenvalue weighted by molar-refractivity contribution is 5.62. The first kappa shape index (κ1) is 60.7. The average molecular weight is 1260 g/mol. The molecule has 12 heterocycles. The predicted molar refractivity (Wildman–Crippen MR) is 378 cm³/mol. The van der Waals surface area contributed by atoms with Crippen molar-refractivity contribution in [2.75, 3.05) is 0 Å². The summed E-state index contributed by atoms with van der Waals surface area (Å²) in [5, 5.41) is 0. The van der Waals surface area contributed by atoms with E-state index in [4.69, 9.17) is 29.9 Å². The molecule has 4 aliphatic rings. The van der Waals surface area contributed by atoms with Crippen LogP contribution in [0.15, 0.2) is 257 Å². The molecule has 4 fully saturated rings. The lowest BCUT2D eigenvalue weighted by Crippen LogP contribution is -2.38. The third-order valence-corrected chi connectivity index (χ3v) is 22.5. The van der Waals surface area contributed by atoms with E-state index in [9.17, 15) is 0 Å². The summed E-state index contributed by atoms with van der Waals surface area (Å²) in [6.45, 7) is 0. The molecular formula is C84H78N12. The Labute approximate surface area is 562 Å². The molecule has 474 valence electrons. The van der Waals surface area contributed by atoms with Crippen molar-refractivity contribution in [1.29, 1.82) is 0 Å². The van der Waals surface area contributed by atoms with Crippen molar-refractivity contribution in [3.05, 3.63) is 291 Å². The van der Waals surface area contributed by atoms with Gasteiger partial charge in [0.1, 0.15) is 0 Å². The molecule has 96 heavy (non-hydrogen) atoms. The zero-order valence-corrected chi connectivity index (χ0v) is 54.0. The molecule has 0 bridgehead atoms. The van der Waals surface area contributed by atoms with Crippen LogP contribution in [0.1, 0.15) is 146 Å². The molecule has 0 aliphatic heterocycles. The number of hydrogen-bond acceptors (Lipinski definition) is 12. The van der Waals surface area contributed by atoms with E-state index in [1.165, 1.54) is 46.2 Å². The Kier molecular flexibility index (Phi) is 17.7. The largest absolute Gasteiger partial charge is 0.265 e. The molecular weight excluding hydrogens is 1180 g/mol. The van der Waals surface area contributed by atoms with Crippen molar-refractivity contribution in [2.24, 2.45) is 35.5 Å². The third-order valence-electron chi connectivity index (χ3n) is 22.5. The summed E-state index contributed by atoms with van der Waals surface area (Å²) in [6, 6.07) is 52.4. The Morgan fingerprint density at radius 2 is 0.323 bits per heavy atom. The maximum atomic E-state index is 5.25. The summed E-state index contributed by atoms with van der Waals surface area (Å²) < 4.78 is 0. The van der Waals surface area contributed by atoms with Crippen LogP contribution in [-0.2, 0) is 0 Å². The van der Waals surface area contributed by atoms with E-state index in [1.54, 1.807) is 0 Å². The summed E-state index contributed by atoms with van der Waals surface area (Å²) in [4.78, 5) is 57.0. The van der Waals surface area contributed by atoms with Gasteiger partial charge in [0.15, 0.2) is 0 Å². The number of nitrogens with zero attached hydrogens (tertiary/aromatic N) is 12. The van der Waals surface area contributed by atoms with Gasteiger partial charge < -0.3 is 0 Å². The first-order valence-corrected chi connectivity index (χ1v) is 34.7.